The van der Waals surface area contributed by atoms with Gasteiger partial charge in [-0.25, -0.2) is 0 Å². The van der Waals surface area contributed by atoms with Crippen molar-refractivity contribution in [1.82, 2.24) is 5.43 Å². The van der Waals surface area contributed by atoms with Crippen molar-refractivity contribution in [2.75, 3.05) is 12.4 Å². The molecule has 0 bridgehead atoms. The molecule has 0 amide bonds. The van der Waals surface area contributed by atoms with E-state index in [0.717, 1.165) is 17.0 Å². The number of nitrogens with one attached hydrogen (secondary N) is 2. The maximum Gasteiger partial charge on any atom is 0.269 e. The number of anilines is 1. The summed E-state index contributed by atoms with van der Waals surface area (Å²) in [6.45, 7) is 1.78. The molecule has 0 aliphatic rings. The van der Waals surface area contributed by atoms with E-state index in [4.69, 9.17) is 17.0 Å². The largest absolute Gasteiger partial charge is 0.497 e. The molecule has 2 aromatic rings. The lowest BCUT2D eigenvalue weighted by Crippen LogP contribution is -2.24. The topological polar surface area (TPSA) is 88.8 Å². The van der Waals surface area contributed by atoms with Gasteiger partial charge in [-0.3, -0.25) is 15.5 Å². The Morgan fingerprint density at radius 2 is 1.79 bits per heavy atom. The first-order chi connectivity index (χ1) is 11.5. The van der Waals surface area contributed by atoms with Crippen molar-refractivity contribution in [3.05, 3.63) is 64.2 Å². The van der Waals surface area contributed by atoms with Gasteiger partial charge in [0.15, 0.2) is 5.11 Å². The standard InChI is InChI=1S/C16H16N4O3S/c1-11(12-3-7-14(8-4-12)20(21)22)18-19-16(24)17-13-5-9-15(23-2)10-6-13/h3-10H,1-2H3,(H2,17,19,24)/b18-11-. The second-order valence-electron chi connectivity index (χ2n) is 4.80. The smallest absolute Gasteiger partial charge is 0.269 e. The molecule has 24 heavy (non-hydrogen) atoms. The number of nitro groups is 1. The zero-order valence-corrected chi connectivity index (χ0v) is 14.0. The molecule has 0 atom stereocenters. The van der Waals surface area contributed by atoms with Crippen molar-refractivity contribution in [3.8, 4) is 5.75 Å². The van der Waals surface area contributed by atoms with Crippen molar-refractivity contribution in [2.45, 2.75) is 6.92 Å². The van der Waals surface area contributed by atoms with Gasteiger partial charge in [-0.2, -0.15) is 5.10 Å². The first-order valence-electron chi connectivity index (χ1n) is 7.00. The summed E-state index contributed by atoms with van der Waals surface area (Å²) in [6, 6.07) is 13.4. The number of ether oxygens (including phenoxy) is 1. The fraction of sp³-hybridized carbons (Fsp3) is 0.125. The van der Waals surface area contributed by atoms with Gasteiger partial charge in [-0.05, 0) is 61.1 Å². The Balaban J connectivity index is 1.95. The Bertz CT molecular complexity index is 758. The number of non-ortho nitro benzene ring substituents is 1. The van der Waals surface area contributed by atoms with Crippen molar-refractivity contribution >= 4 is 34.4 Å². The summed E-state index contributed by atoms with van der Waals surface area (Å²) < 4.78 is 5.09. The number of hydrazone groups is 1. The highest BCUT2D eigenvalue weighted by molar-refractivity contribution is 7.80. The normalized spacial score (nSPS) is 10.8. The van der Waals surface area contributed by atoms with E-state index in [0.29, 0.717) is 10.8 Å². The Kier molecular flexibility index (Phi) is 5.80. The lowest BCUT2D eigenvalue weighted by molar-refractivity contribution is -0.384. The summed E-state index contributed by atoms with van der Waals surface area (Å²) in [4.78, 5) is 10.2. The van der Waals surface area contributed by atoms with Gasteiger partial charge in [0.25, 0.3) is 5.69 Å². The predicted octanol–water partition coefficient (Wildman–Crippen LogP) is 3.31. The van der Waals surface area contributed by atoms with Gasteiger partial charge in [-0.15, -0.1) is 0 Å². The summed E-state index contributed by atoms with van der Waals surface area (Å²) in [7, 11) is 1.60. The molecule has 0 aliphatic carbocycles. The molecule has 0 saturated heterocycles. The van der Waals surface area contributed by atoms with Crippen LogP contribution in [-0.4, -0.2) is 22.9 Å². The van der Waals surface area contributed by atoms with E-state index in [1.54, 1.807) is 26.2 Å². The molecule has 0 heterocycles. The van der Waals surface area contributed by atoms with E-state index in [2.05, 4.69) is 15.8 Å². The van der Waals surface area contributed by atoms with E-state index < -0.39 is 4.92 Å². The molecule has 0 radical (unpaired) electrons. The van der Waals surface area contributed by atoms with Gasteiger partial charge < -0.3 is 10.1 Å². The van der Waals surface area contributed by atoms with Gasteiger partial charge in [0, 0.05) is 17.8 Å². The van der Waals surface area contributed by atoms with E-state index in [1.807, 2.05) is 24.3 Å². The van der Waals surface area contributed by atoms with Crippen LogP contribution in [0.15, 0.2) is 53.6 Å². The van der Waals surface area contributed by atoms with Crippen LogP contribution in [-0.2, 0) is 0 Å². The summed E-state index contributed by atoms with van der Waals surface area (Å²) in [6.07, 6.45) is 0. The summed E-state index contributed by atoms with van der Waals surface area (Å²) in [5.41, 5.74) is 5.00. The van der Waals surface area contributed by atoms with Crippen molar-refractivity contribution in [1.29, 1.82) is 0 Å². The van der Waals surface area contributed by atoms with Crippen LogP contribution in [0.2, 0.25) is 0 Å². The number of hydrogen-bond acceptors (Lipinski definition) is 5. The number of methoxy groups -OCH3 is 1. The van der Waals surface area contributed by atoms with Gasteiger partial charge in [-0.1, -0.05) is 0 Å². The molecule has 7 nitrogen and oxygen atoms in total. The summed E-state index contributed by atoms with van der Waals surface area (Å²) in [5.74, 6) is 0.756. The SMILES string of the molecule is COc1ccc(NC(=S)N/N=C(/C)c2ccc([N+](=O)[O-])cc2)cc1. The maximum absolute atomic E-state index is 10.6. The first kappa shape index (κ1) is 17.4. The molecule has 8 heteroatoms. The Hall–Kier alpha value is -3.00. The van der Waals surface area contributed by atoms with Crippen LogP contribution in [0.3, 0.4) is 0 Å². The highest BCUT2D eigenvalue weighted by Gasteiger charge is 2.05. The minimum absolute atomic E-state index is 0.0382. The van der Waals surface area contributed by atoms with Crippen molar-refractivity contribution in [2.24, 2.45) is 5.10 Å². The Morgan fingerprint density at radius 3 is 2.33 bits per heavy atom. The number of benzene rings is 2. The second-order valence-corrected chi connectivity index (χ2v) is 5.20. The Labute approximate surface area is 144 Å². The fourth-order valence-corrected chi connectivity index (χ4v) is 2.02. The highest BCUT2D eigenvalue weighted by atomic mass is 32.1. The quantitative estimate of drug-likeness (QED) is 0.374. The summed E-state index contributed by atoms with van der Waals surface area (Å²) >= 11 is 5.17. The zero-order valence-electron chi connectivity index (χ0n) is 13.1. The molecular weight excluding hydrogens is 328 g/mol. The van der Waals surface area contributed by atoms with Crippen LogP contribution < -0.4 is 15.5 Å². The first-order valence-corrected chi connectivity index (χ1v) is 7.40. The minimum atomic E-state index is -0.442. The maximum atomic E-state index is 10.6. The van der Waals surface area contributed by atoms with Crippen LogP contribution in [0, 0.1) is 10.1 Å². The molecule has 0 spiro atoms. The number of nitrogens with zero attached hydrogens (tertiary/aromatic N) is 2. The molecule has 0 fully saturated rings. The number of rotatable bonds is 5. The van der Waals surface area contributed by atoms with Crippen molar-refractivity contribution < 1.29 is 9.66 Å². The zero-order chi connectivity index (χ0) is 17.5. The molecule has 0 unspecified atom stereocenters. The molecule has 2 aromatic carbocycles. The molecule has 2 N–H and O–H groups in total. The van der Waals surface area contributed by atoms with Crippen LogP contribution >= 0.6 is 12.2 Å². The third-order valence-electron chi connectivity index (χ3n) is 3.17. The second kappa shape index (κ2) is 8.02. The molecule has 0 aliphatic heterocycles. The number of hydrogen-bond donors (Lipinski definition) is 2. The third-order valence-corrected chi connectivity index (χ3v) is 3.36. The fourth-order valence-electron chi connectivity index (χ4n) is 1.86. The monoisotopic (exact) mass is 344 g/mol. The number of nitro benzene ring substituents is 1. The van der Waals surface area contributed by atoms with E-state index in [1.165, 1.54) is 12.1 Å². The van der Waals surface area contributed by atoms with Gasteiger partial charge in [0.2, 0.25) is 0 Å². The minimum Gasteiger partial charge on any atom is -0.497 e. The number of thiocarbonyl (C=S) groups is 1. The van der Waals surface area contributed by atoms with Crippen molar-refractivity contribution in [3.63, 3.8) is 0 Å². The van der Waals surface area contributed by atoms with Gasteiger partial charge in [0.05, 0.1) is 17.7 Å². The Morgan fingerprint density at radius 1 is 1.17 bits per heavy atom. The lowest BCUT2D eigenvalue weighted by Gasteiger charge is -2.08. The van der Waals surface area contributed by atoms with Gasteiger partial charge >= 0.3 is 0 Å². The summed E-state index contributed by atoms with van der Waals surface area (Å²) in [5, 5.41) is 18.1. The third kappa shape index (κ3) is 4.75. The highest BCUT2D eigenvalue weighted by Crippen LogP contribution is 2.15. The average molecular weight is 344 g/mol. The lowest BCUT2D eigenvalue weighted by atomic mass is 10.1. The van der Waals surface area contributed by atoms with E-state index in [9.17, 15) is 10.1 Å². The van der Waals surface area contributed by atoms with Gasteiger partial charge in [0.1, 0.15) is 5.75 Å². The van der Waals surface area contributed by atoms with Crippen LogP contribution in [0.4, 0.5) is 11.4 Å². The van der Waals surface area contributed by atoms with Crippen LogP contribution in [0.5, 0.6) is 5.75 Å². The molecule has 0 saturated carbocycles. The molecule has 0 aromatic heterocycles. The molecule has 2 rings (SSSR count). The molecular formula is C16H16N4O3S. The predicted molar refractivity (Wildman–Crippen MR) is 97.7 cm³/mol. The van der Waals surface area contributed by atoms with Crippen LogP contribution in [0.1, 0.15) is 12.5 Å². The van der Waals surface area contributed by atoms with E-state index in [-0.39, 0.29) is 5.69 Å². The average Bonchev–Trinajstić information content (AvgIpc) is 2.60. The van der Waals surface area contributed by atoms with Crippen LogP contribution in [0.25, 0.3) is 0 Å². The molecule has 124 valence electrons. The van der Waals surface area contributed by atoms with E-state index >= 15 is 0 Å².